The lowest BCUT2D eigenvalue weighted by Gasteiger charge is -2.37. The van der Waals surface area contributed by atoms with Gasteiger partial charge in [0, 0.05) is 24.5 Å². The van der Waals surface area contributed by atoms with E-state index in [2.05, 4.69) is 36.4 Å². The molecule has 318 valence electrons. The minimum absolute atomic E-state index is 0.00929. The fourth-order valence-electron chi connectivity index (χ4n) is 8.53. The van der Waals surface area contributed by atoms with Crippen LogP contribution in [0.3, 0.4) is 0 Å². The van der Waals surface area contributed by atoms with Crippen molar-refractivity contribution in [3.05, 3.63) is 117 Å². The first kappa shape index (κ1) is 43.8. The second-order valence-corrected chi connectivity index (χ2v) is 16.2. The van der Waals surface area contributed by atoms with Gasteiger partial charge in [-0.2, -0.15) is 0 Å². The summed E-state index contributed by atoms with van der Waals surface area (Å²) < 4.78 is 12.1. The highest BCUT2D eigenvalue weighted by Gasteiger charge is 2.39. The molecule has 0 spiro atoms. The summed E-state index contributed by atoms with van der Waals surface area (Å²) in [6, 6.07) is 19.0. The molecule has 6 rings (SSSR count). The van der Waals surface area contributed by atoms with Crippen molar-refractivity contribution in [3.63, 3.8) is 0 Å². The molecule has 3 aromatic carbocycles. The summed E-state index contributed by atoms with van der Waals surface area (Å²) in [6.45, 7) is 13.6. The second-order valence-electron chi connectivity index (χ2n) is 16.2. The zero-order chi connectivity index (χ0) is 44.1. The van der Waals surface area contributed by atoms with Crippen molar-refractivity contribution >= 4 is 53.0 Å². The average Bonchev–Trinajstić information content (AvgIpc) is 3.69. The first-order chi connectivity index (χ1) is 29.0. The normalized spacial score (nSPS) is 19.3. The number of aromatic nitrogens is 1. The molecule has 0 radical (unpaired) electrons. The average molecular weight is 829 g/mol. The first-order valence-corrected chi connectivity index (χ1v) is 20.5. The Kier molecular flexibility index (Phi) is 13.4. The molecule has 1 saturated carbocycles. The van der Waals surface area contributed by atoms with E-state index < -0.39 is 23.8 Å². The van der Waals surface area contributed by atoms with Crippen molar-refractivity contribution in [3.8, 4) is 16.9 Å². The molecule has 5 N–H and O–H groups in total. The summed E-state index contributed by atoms with van der Waals surface area (Å²) in [6.07, 6.45) is 3.26. The number of carboxylic acid groups (broad SMARTS) is 2. The van der Waals surface area contributed by atoms with Crippen LogP contribution in [0.25, 0.3) is 22.8 Å². The van der Waals surface area contributed by atoms with Crippen LogP contribution in [0.5, 0.6) is 5.75 Å². The number of aryl methyl sites for hydroxylation is 2. The number of allylic oxidation sites excluding steroid dienone is 1. The Bertz CT molecular complexity index is 2480. The summed E-state index contributed by atoms with van der Waals surface area (Å²) in [5.41, 5.74) is 6.33. The Morgan fingerprint density at radius 2 is 1.49 bits per heavy atom. The fraction of sp³-hybridized carbons (Fsp3) is 0.333. The van der Waals surface area contributed by atoms with Gasteiger partial charge in [0.15, 0.2) is 0 Å². The van der Waals surface area contributed by atoms with Gasteiger partial charge in [0.1, 0.15) is 34.6 Å². The topological polar surface area (TPSA) is 196 Å². The minimum atomic E-state index is -1.29. The first-order valence-electron chi connectivity index (χ1n) is 20.5. The number of benzene rings is 3. The monoisotopic (exact) mass is 828 g/mol. The molecule has 1 aliphatic carbocycles. The molecule has 4 aromatic rings. The zero-order valence-corrected chi connectivity index (χ0v) is 35.5. The maximum atomic E-state index is 14.8. The van der Waals surface area contributed by atoms with Crippen molar-refractivity contribution < 1.29 is 43.7 Å². The molecule has 13 heteroatoms. The van der Waals surface area contributed by atoms with Gasteiger partial charge in [0.05, 0.1) is 23.6 Å². The molecule has 2 amide bonds. The standard InChI is InChI=1S/C48H52N4O9/c1-25-21-28(4)43(29(5)22-25)61-48(59)42-41(34-16-11-9-14-27(34)3)37(24-36-40(33-15-10-8-13-26(33)2)30(6)44(50-36)49-31(7)53)51-45(42)52-39(54)17-12-20-60-38-23-32(46(55)56)18-19-35(38)47(57)58/h8-11,13-16,18-19,23-25,28-29,43,50H,12,17,20-22H2,1-7H3,(H,49,53)(H,55,56)(H,57,58)(H,51,52,54)/b37-24-. The van der Waals surface area contributed by atoms with E-state index in [1.807, 2.05) is 75.4 Å². The zero-order valence-electron chi connectivity index (χ0n) is 35.5. The lowest BCUT2D eigenvalue weighted by Crippen LogP contribution is -2.40. The summed E-state index contributed by atoms with van der Waals surface area (Å²) in [7, 11) is 0. The van der Waals surface area contributed by atoms with Crippen molar-refractivity contribution in [1.82, 2.24) is 10.3 Å². The largest absolute Gasteiger partial charge is 0.493 e. The van der Waals surface area contributed by atoms with Crippen LogP contribution in [0.4, 0.5) is 5.82 Å². The predicted molar refractivity (Wildman–Crippen MR) is 233 cm³/mol. The quantitative estimate of drug-likeness (QED) is 0.0646. The van der Waals surface area contributed by atoms with Gasteiger partial charge in [0.2, 0.25) is 11.8 Å². The number of carboxylic acids is 2. The van der Waals surface area contributed by atoms with E-state index in [9.17, 15) is 34.2 Å². The van der Waals surface area contributed by atoms with Crippen molar-refractivity contribution in [2.45, 2.75) is 80.3 Å². The van der Waals surface area contributed by atoms with Gasteiger partial charge in [-0.25, -0.2) is 19.4 Å². The number of amidine groups is 1. The molecule has 61 heavy (non-hydrogen) atoms. The Hall–Kier alpha value is -6.76. The highest BCUT2D eigenvalue weighted by atomic mass is 16.5. The molecule has 1 aromatic heterocycles. The van der Waals surface area contributed by atoms with Crippen molar-refractivity contribution in [2.75, 3.05) is 11.9 Å². The molecule has 2 atom stereocenters. The van der Waals surface area contributed by atoms with Gasteiger partial charge in [0.25, 0.3) is 0 Å². The van der Waals surface area contributed by atoms with Crippen LogP contribution in [-0.4, -0.2) is 63.5 Å². The number of carbonyl (C=O) groups excluding carboxylic acids is 3. The molecule has 1 fully saturated rings. The van der Waals surface area contributed by atoms with E-state index in [-0.39, 0.29) is 71.6 Å². The highest BCUT2D eigenvalue weighted by Crippen LogP contribution is 2.42. The predicted octanol–water partition coefficient (Wildman–Crippen LogP) is 8.76. The number of aromatic amines is 1. The van der Waals surface area contributed by atoms with Gasteiger partial charge in [-0.15, -0.1) is 0 Å². The number of hydrogen-bond acceptors (Lipinski definition) is 8. The molecule has 2 unspecified atom stereocenters. The Labute approximate surface area is 355 Å². The number of aromatic carboxylic acids is 2. The Morgan fingerprint density at radius 1 is 0.852 bits per heavy atom. The van der Waals surface area contributed by atoms with Crippen LogP contribution in [0.15, 0.2) is 83.0 Å². The molecule has 0 saturated heterocycles. The van der Waals surface area contributed by atoms with E-state index in [1.54, 1.807) is 0 Å². The number of ether oxygens (including phenoxy) is 2. The van der Waals surface area contributed by atoms with Crippen molar-refractivity contribution in [2.24, 2.45) is 22.7 Å². The number of anilines is 1. The van der Waals surface area contributed by atoms with E-state index >= 15 is 0 Å². The number of nitrogens with one attached hydrogen (secondary N) is 3. The fourth-order valence-corrected chi connectivity index (χ4v) is 8.53. The molecular weight excluding hydrogens is 777 g/mol. The van der Waals surface area contributed by atoms with Gasteiger partial charge in [-0.3, -0.25) is 9.59 Å². The maximum absolute atomic E-state index is 14.8. The molecule has 1 aliphatic heterocycles. The van der Waals surface area contributed by atoms with Gasteiger partial charge < -0.3 is 35.3 Å². The third-order valence-electron chi connectivity index (χ3n) is 11.3. The molecular formula is C48H52N4O9. The van der Waals surface area contributed by atoms with Gasteiger partial charge in [-0.05, 0) is 110 Å². The van der Waals surface area contributed by atoms with E-state index in [0.717, 1.165) is 52.8 Å². The van der Waals surface area contributed by atoms with Crippen LogP contribution in [0.1, 0.15) is 102 Å². The third-order valence-corrected chi connectivity index (χ3v) is 11.3. The lowest BCUT2D eigenvalue weighted by atomic mass is 9.75. The van der Waals surface area contributed by atoms with E-state index in [1.165, 1.54) is 13.0 Å². The number of esters is 1. The van der Waals surface area contributed by atoms with Crippen LogP contribution in [0, 0.1) is 38.5 Å². The lowest BCUT2D eigenvalue weighted by molar-refractivity contribution is -0.152. The number of H-pyrrole nitrogens is 1. The summed E-state index contributed by atoms with van der Waals surface area (Å²) >= 11 is 0. The molecule has 2 aliphatic rings. The third kappa shape index (κ3) is 9.83. The Balaban J connectivity index is 1.42. The summed E-state index contributed by atoms with van der Waals surface area (Å²) in [4.78, 5) is 72.5. The van der Waals surface area contributed by atoms with E-state index in [0.29, 0.717) is 34.3 Å². The molecule has 0 bridgehead atoms. The SMILES string of the molecule is CC(=O)Nc1[nH]c(/C=C2\N=C(NC(=O)CCCOc3cc(C(=O)O)ccc3C(=O)O)C(C(=O)OC3C(C)CC(C)CC3C)=C2c2ccccc2C)c(-c2ccccc2C)c1C. The molecule has 2 heterocycles. The van der Waals surface area contributed by atoms with Gasteiger partial charge in [-0.1, -0.05) is 69.3 Å². The number of nitrogens with zero attached hydrogens (tertiary/aromatic N) is 1. The number of amides is 2. The summed E-state index contributed by atoms with van der Waals surface area (Å²) in [5, 5.41) is 24.8. The van der Waals surface area contributed by atoms with Crippen molar-refractivity contribution in [1.29, 1.82) is 0 Å². The summed E-state index contributed by atoms with van der Waals surface area (Å²) in [5.74, 6) is -2.84. The minimum Gasteiger partial charge on any atom is -0.493 e. The van der Waals surface area contributed by atoms with E-state index in [4.69, 9.17) is 14.5 Å². The number of carbonyl (C=O) groups is 5. The second kappa shape index (κ2) is 18.7. The van der Waals surface area contributed by atoms with Gasteiger partial charge >= 0.3 is 17.9 Å². The van der Waals surface area contributed by atoms with Crippen LogP contribution < -0.4 is 15.4 Å². The van der Waals surface area contributed by atoms with Crippen LogP contribution >= 0.6 is 0 Å². The Morgan fingerprint density at radius 3 is 2.10 bits per heavy atom. The van der Waals surface area contributed by atoms with Crippen LogP contribution in [0.2, 0.25) is 0 Å². The highest BCUT2D eigenvalue weighted by molar-refractivity contribution is 6.31. The maximum Gasteiger partial charge on any atom is 0.342 e. The van der Waals surface area contributed by atoms with Crippen LogP contribution in [-0.2, 0) is 19.1 Å². The number of aliphatic imine (C=N–C) groups is 1. The smallest absolute Gasteiger partial charge is 0.342 e. The molecule has 13 nitrogen and oxygen atoms in total. The number of rotatable bonds is 13. The number of hydrogen-bond donors (Lipinski definition) is 5.